The van der Waals surface area contributed by atoms with Crippen LogP contribution in [0, 0.1) is 0 Å². The number of benzene rings is 2. The molecule has 0 atom stereocenters. The molecule has 1 aromatic heterocycles. The third kappa shape index (κ3) is 2.27. The number of para-hydroxylation sites is 1. The van der Waals surface area contributed by atoms with Gasteiger partial charge in [-0.25, -0.2) is 4.98 Å². The molecule has 0 aliphatic rings. The van der Waals surface area contributed by atoms with Crippen molar-refractivity contribution in [2.75, 3.05) is 0 Å². The lowest BCUT2D eigenvalue weighted by Gasteiger charge is -2.10. The average molecular weight is 279 g/mol. The number of hydrogen-bond acceptors (Lipinski definition) is 4. The third-order valence-corrected chi connectivity index (χ3v) is 3.33. The van der Waals surface area contributed by atoms with Crippen molar-refractivity contribution < 1.29 is 15.3 Å². The number of phenols is 3. The summed E-state index contributed by atoms with van der Waals surface area (Å²) in [6.07, 6.45) is 0. The average Bonchev–Trinajstić information content (AvgIpc) is 2.50. The second-order valence-corrected chi connectivity index (χ2v) is 4.73. The molecule has 4 heteroatoms. The fourth-order valence-electron chi connectivity index (χ4n) is 2.18. The third-order valence-electron chi connectivity index (χ3n) is 3.33. The van der Waals surface area contributed by atoms with E-state index in [-0.39, 0.29) is 17.2 Å². The Morgan fingerprint density at radius 2 is 1.57 bits per heavy atom. The van der Waals surface area contributed by atoms with Gasteiger partial charge in [-0.1, -0.05) is 30.8 Å². The zero-order chi connectivity index (χ0) is 15.0. The highest BCUT2D eigenvalue weighted by Crippen LogP contribution is 2.37. The number of aromatic nitrogens is 1. The van der Waals surface area contributed by atoms with Gasteiger partial charge < -0.3 is 15.3 Å². The first-order valence-electron chi connectivity index (χ1n) is 6.36. The zero-order valence-electron chi connectivity index (χ0n) is 11.1. The number of fused-ring (bicyclic) bond motifs is 1. The minimum atomic E-state index is -0.379. The summed E-state index contributed by atoms with van der Waals surface area (Å²) in [6.45, 7) is 3.92. The lowest BCUT2D eigenvalue weighted by Crippen LogP contribution is -1.92. The van der Waals surface area contributed by atoms with Crippen molar-refractivity contribution >= 4 is 16.5 Å². The maximum Gasteiger partial charge on any atom is 0.161 e. The first kappa shape index (κ1) is 13.0. The molecule has 3 rings (SSSR count). The summed E-state index contributed by atoms with van der Waals surface area (Å²) in [5.74, 6) is -0.856. The lowest BCUT2D eigenvalue weighted by molar-refractivity contribution is 0.396. The van der Waals surface area contributed by atoms with E-state index < -0.39 is 0 Å². The van der Waals surface area contributed by atoms with Gasteiger partial charge in [-0.05, 0) is 18.2 Å². The highest BCUT2D eigenvalue weighted by atomic mass is 16.3. The smallest absolute Gasteiger partial charge is 0.161 e. The topological polar surface area (TPSA) is 73.6 Å². The Morgan fingerprint density at radius 1 is 0.857 bits per heavy atom. The molecular formula is C17H13NO3. The number of nitrogens with zero attached hydrogens (tertiary/aromatic N) is 1. The van der Waals surface area contributed by atoms with Crippen molar-refractivity contribution in [3.63, 3.8) is 0 Å². The van der Waals surface area contributed by atoms with Crippen LogP contribution in [0.25, 0.3) is 16.5 Å². The van der Waals surface area contributed by atoms with Crippen LogP contribution in [0.15, 0.2) is 55.1 Å². The summed E-state index contributed by atoms with van der Waals surface area (Å²) in [5.41, 5.74) is 2.20. The fourth-order valence-corrected chi connectivity index (χ4v) is 2.18. The fraction of sp³-hybridized carbons (Fsp3) is 0. The van der Waals surface area contributed by atoms with Gasteiger partial charge >= 0.3 is 0 Å². The quantitative estimate of drug-likeness (QED) is 0.496. The summed E-state index contributed by atoms with van der Waals surface area (Å²) < 4.78 is 0. The lowest BCUT2D eigenvalue weighted by atomic mass is 10.0. The van der Waals surface area contributed by atoms with Crippen LogP contribution >= 0.6 is 0 Å². The molecule has 0 saturated heterocycles. The maximum atomic E-state index is 9.90. The molecule has 3 N–H and O–H groups in total. The van der Waals surface area contributed by atoms with Crippen molar-refractivity contribution in [2.24, 2.45) is 0 Å². The van der Waals surface area contributed by atoms with Crippen LogP contribution in [0.5, 0.6) is 17.2 Å². The van der Waals surface area contributed by atoms with Crippen molar-refractivity contribution in [1.82, 2.24) is 4.98 Å². The monoisotopic (exact) mass is 279 g/mol. The Morgan fingerprint density at radius 3 is 2.38 bits per heavy atom. The Kier molecular flexibility index (Phi) is 2.99. The summed E-state index contributed by atoms with van der Waals surface area (Å²) in [4.78, 5) is 4.49. The molecule has 0 unspecified atom stereocenters. The number of hydrogen-bond donors (Lipinski definition) is 3. The summed E-state index contributed by atoms with van der Waals surface area (Å²) in [6, 6.07) is 13.7. The van der Waals surface area contributed by atoms with E-state index in [1.165, 1.54) is 6.07 Å². The van der Waals surface area contributed by atoms with Crippen molar-refractivity contribution in [1.29, 1.82) is 0 Å². The molecular weight excluding hydrogens is 266 g/mol. The first-order valence-corrected chi connectivity index (χ1v) is 6.36. The number of rotatable bonds is 2. The van der Waals surface area contributed by atoms with E-state index in [1.807, 2.05) is 30.3 Å². The molecule has 104 valence electrons. The van der Waals surface area contributed by atoms with Gasteiger partial charge in [0.2, 0.25) is 0 Å². The predicted molar refractivity (Wildman–Crippen MR) is 81.3 cm³/mol. The molecule has 0 amide bonds. The van der Waals surface area contributed by atoms with E-state index in [0.29, 0.717) is 16.8 Å². The highest BCUT2D eigenvalue weighted by Gasteiger charge is 2.13. The highest BCUT2D eigenvalue weighted by molar-refractivity contribution is 5.85. The van der Waals surface area contributed by atoms with Crippen LogP contribution in [-0.2, 0) is 0 Å². The van der Waals surface area contributed by atoms with E-state index >= 15 is 0 Å². The number of aromatic hydroxyl groups is 3. The molecule has 4 nitrogen and oxygen atoms in total. The Bertz CT molecular complexity index is 856. The largest absolute Gasteiger partial charge is 0.507 e. The van der Waals surface area contributed by atoms with Crippen LogP contribution in [0.4, 0.5) is 0 Å². The van der Waals surface area contributed by atoms with Crippen LogP contribution in [0.3, 0.4) is 0 Å². The minimum Gasteiger partial charge on any atom is -0.507 e. The second-order valence-electron chi connectivity index (χ2n) is 4.73. The molecule has 0 spiro atoms. The molecule has 0 bridgehead atoms. The van der Waals surface area contributed by atoms with Crippen LogP contribution < -0.4 is 0 Å². The molecule has 0 aliphatic heterocycles. The van der Waals surface area contributed by atoms with Crippen LogP contribution in [0.2, 0.25) is 0 Å². The molecule has 0 radical (unpaired) electrons. The number of phenolic OH excluding ortho intramolecular Hbond substituents is 3. The molecule has 1 heterocycles. The SMILES string of the molecule is C=C(c1ccc2ccccc2n1)c1cc(O)c(O)cc1O. The van der Waals surface area contributed by atoms with E-state index in [2.05, 4.69) is 11.6 Å². The Balaban J connectivity index is 2.10. The minimum absolute atomic E-state index is 0.162. The molecule has 3 aromatic rings. The van der Waals surface area contributed by atoms with Gasteiger partial charge in [-0.15, -0.1) is 0 Å². The van der Waals surface area contributed by atoms with E-state index in [4.69, 9.17) is 0 Å². The van der Waals surface area contributed by atoms with Gasteiger partial charge in [0.15, 0.2) is 11.5 Å². The van der Waals surface area contributed by atoms with Crippen molar-refractivity contribution in [3.8, 4) is 17.2 Å². The van der Waals surface area contributed by atoms with Crippen molar-refractivity contribution in [2.45, 2.75) is 0 Å². The molecule has 2 aromatic carbocycles. The normalized spacial score (nSPS) is 10.7. The molecule has 21 heavy (non-hydrogen) atoms. The number of pyridine rings is 1. The zero-order valence-corrected chi connectivity index (χ0v) is 11.1. The summed E-state index contributed by atoms with van der Waals surface area (Å²) in [5, 5.41) is 29.8. The molecule has 0 aliphatic carbocycles. The van der Waals surface area contributed by atoms with Gasteiger partial charge in [0, 0.05) is 22.6 Å². The molecule has 0 saturated carbocycles. The standard InChI is InChI=1S/C17H13NO3/c1-10(12-8-16(20)17(21)9-15(12)19)13-7-6-11-4-2-3-5-14(11)18-13/h2-9,19-21H,1H2. The summed E-state index contributed by atoms with van der Waals surface area (Å²) in [7, 11) is 0. The predicted octanol–water partition coefficient (Wildman–Crippen LogP) is 3.41. The summed E-state index contributed by atoms with van der Waals surface area (Å²) >= 11 is 0. The van der Waals surface area contributed by atoms with E-state index in [1.54, 1.807) is 6.07 Å². The Hall–Kier alpha value is -3.01. The first-order chi connectivity index (χ1) is 10.1. The van der Waals surface area contributed by atoms with E-state index in [9.17, 15) is 15.3 Å². The van der Waals surface area contributed by atoms with Gasteiger partial charge in [-0.3, -0.25) is 0 Å². The van der Waals surface area contributed by atoms with E-state index in [0.717, 1.165) is 17.0 Å². The maximum absolute atomic E-state index is 9.90. The van der Waals surface area contributed by atoms with Crippen LogP contribution in [0.1, 0.15) is 11.3 Å². The second kappa shape index (κ2) is 4.83. The Labute approximate surface area is 121 Å². The molecule has 0 fully saturated rings. The van der Waals surface area contributed by atoms with Gasteiger partial charge in [0.05, 0.1) is 11.2 Å². The van der Waals surface area contributed by atoms with Gasteiger partial charge in [0.1, 0.15) is 5.75 Å². The van der Waals surface area contributed by atoms with Crippen LogP contribution in [-0.4, -0.2) is 20.3 Å². The van der Waals surface area contributed by atoms with Gasteiger partial charge in [-0.2, -0.15) is 0 Å². The van der Waals surface area contributed by atoms with Crippen molar-refractivity contribution in [3.05, 3.63) is 66.4 Å². The van der Waals surface area contributed by atoms with Gasteiger partial charge in [0.25, 0.3) is 0 Å².